The molecule has 0 radical (unpaired) electrons. The van der Waals surface area contributed by atoms with Gasteiger partial charge in [0.15, 0.2) is 5.13 Å². The highest BCUT2D eigenvalue weighted by Gasteiger charge is 2.10. The van der Waals surface area contributed by atoms with Gasteiger partial charge < -0.3 is 11.1 Å². The maximum Gasteiger partial charge on any atom is 0.247 e. The van der Waals surface area contributed by atoms with E-state index in [0.29, 0.717) is 23.3 Å². The van der Waals surface area contributed by atoms with E-state index in [1.165, 1.54) is 16.0 Å². The minimum atomic E-state index is -0.182. The standard InChI is InChI=1S/C11H16N6OS/c1-7(2)9-6-19-11(13-9)14-10(18)5-17-4-8(3-12)15-16-17/h4,6-7H,3,5,12H2,1-2H3,(H,13,14,18). The quantitative estimate of drug-likeness (QED) is 0.849. The number of carbonyl (C=O) groups is 1. The molecule has 7 nitrogen and oxygen atoms in total. The Morgan fingerprint density at radius 3 is 2.95 bits per heavy atom. The van der Waals surface area contributed by atoms with E-state index in [1.54, 1.807) is 6.20 Å². The Labute approximate surface area is 114 Å². The lowest BCUT2D eigenvalue weighted by Crippen LogP contribution is -2.19. The summed E-state index contributed by atoms with van der Waals surface area (Å²) in [6.45, 7) is 4.53. The molecule has 0 spiro atoms. The molecule has 3 N–H and O–H groups in total. The van der Waals surface area contributed by atoms with E-state index in [2.05, 4.69) is 34.5 Å². The van der Waals surface area contributed by atoms with Gasteiger partial charge in [-0.1, -0.05) is 19.1 Å². The highest BCUT2D eigenvalue weighted by atomic mass is 32.1. The van der Waals surface area contributed by atoms with Crippen molar-refractivity contribution < 1.29 is 4.79 Å². The largest absolute Gasteiger partial charge is 0.325 e. The third kappa shape index (κ3) is 3.58. The SMILES string of the molecule is CC(C)c1csc(NC(=O)Cn2cc(CN)nn2)n1. The summed E-state index contributed by atoms with van der Waals surface area (Å²) in [5, 5.41) is 12.9. The molecule has 0 unspecified atom stereocenters. The van der Waals surface area contributed by atoms with Crippen LogP contribution < -0.4 is 11.1 Å². The van der Waals surface area contributed by atoms with E-state index in [0.717, 1.165) is 5.69 Å². The Balaban J connectivity index is 1.93. The van der Waals surface area contributed by atoms with Gasteiger partial charge in [-0.2, -0.15) is 0 Å². The summed E-state index contributed by atoms with van der Waals surface area (Å²) < 4.78 is 1.45. The highest BCUT2D eigenvalue weighted by molar-refractivity contribution is 7.13. The minimum Gasteiger partial charge on any atom is -0.325 e. The van der Waals surface area contributed by atoms with Gasteiger partial charge in [0.2, 0.25) is 5.91 Å². The van der Waals surface area contributed by atoms with Crippen molar-refractivity contribution in [2.24, 2.45) is 5.73 Å². The number of nitrogens with zero attached hydrogens (tertiary/aromatic N) is 4. The van der Waals surface area contributed by atoms with Gasteiger partial charge in [-0.15, -0.1) is 16.4 Å². The van der Waals surface area contributed by atoms with Crippen molar-refractivity contribution in [3.05, 3.63) is 23.0 Å². The molecule has 0 aromatic carbocycles. The first-order valence-electron chi connectivity index (χ1n) is 5.93. The van der Waals surface area contributed by atoms with E-state index in [9.17, 15) is 4.79 Å². The maximum absolute atomic E-state index is 11.8. The topological polar surface area (TPSA) is 98.7 Å². The number of hydrogen-bond donors (Lipinski definition) is 2. The molecular formula is C11H16N6OS. The van der Waals surface area contributed by atoms with Crippen molar-refractivity contribution >= 4 is 22.4 Å². The first-order chi connectivity index (χ1) is 9.08. The number of carbonyl (C=O) groups excluding carboxylic acids is 1. The molecular weight excluding hydrogens is 264 g/mol. The molecule has 0 aliphatic carbocycles. The summed E-state index contributed by atoms with van der Waals surface area (Å²) in [6.07, 6.45) is 1.65. The van der Waals surface area contributed by atoms with E-state index >= 15 is 0 Å². The van der Waals surface area contributed by atoms with Crippen LogP contribution in [0.3, 0.4) is 0 Å². The number of hydrogen-bond acceptors (Lipinski definition) is 6. The molecule has 1 amide bonds. The molecule has 0 bridgehead atoms. The fourth-order valence-electron chi connectivity index (χ4n) is 1.42. The summed E-state index contributed by atoms with van der Waals surface area (Å²) >= 11 is 1.42. The molecule has 0 saturated heterocycles. The fourth-order valence-corrected chi connectivity index (χ4v) is 2.31. The van der Waals surface area contributed by atoms with E-state index in [1.807, 2.05) is 5.38 Å². The molecule has 2 heterocycles. The summed E-state index contributed by atoms with van der Waals surface area (Å²) in [5.41, 5.74) is 7.06. The molecule has 2 aromatic rings. The lowest BCUT2D eigenvalue weighted by atomic mass is 10.2. The fraction of sp³-hybridized carbons (Fsp3) is 0.455. The van der Waals surface area contributed by atoms with Crippen molar-refractivity contribution in [2.75, 3.05) is 5.32 Å². The van der Waals surface area contributed by atoms with Gasteiger partial charge in [0.1, 0.15) is 6.54 Å². The Morgan fingerprint density at radius 2 is 2.37 bits per heavy atom. The van der Waals surface area contributed by atoms with E-state index in [-0.39, 0.29) is 12.5 Å². The van der Waals surface area contributed by atoms with Crippen LogP contribution in [0.4, 0.5) is 5.13 Å². The summed E-state index contributed by atoms with van der Waals surface area (Å²) in [5.74, 6) is 0.169. The molecule has 19 heavy (non-hydrogen) atoms. The zero-order valence-electron chi connectivity index (χ0n) is 10.8. The van der Waals surface area contributed by atoms with E-state index in [4.69, 9.17) is 5.73 Å². The second-order valence-electron chi connectivity index (χ2n) is 4.39. The Kier molecular flexibility index (Phi) is 4.23. The lowest BCUT2D eigenvalue weighted by molar-refractivity contribution is -0.116. The smallest absolute Gasteiger partial charge is 0.247 e. The third-order valence-corrected chi connectivity index (χ3v) is 3.24. The molecule has 2 aromatic heterocycles. The average Bonchev–Trinajstić information content (AvgIpc) is 2.98. The molecule has 0 aliphatic rings. The predicted molar refractivity (Wildman–Crippen MR) is 72.7 cm³/mol. The van der Waals surface area contributed by atoms with Crippen molar-refractivity contribution in [3.8, 4) is 0 Å². The molecule has 2 rings (SSSR count). The molecule has 0 atom stereocenters. The molecule has 0 aliphatic heterocycles. The number of thiazole rings is 1. The number of anilines is 1. The van der Waals surface area contributed by atoms with Crippen LogP contribution in [0.25, 0.3) is 0 Å². The molecule has 102 valence electrons. The van der Waals surface area contributed by atoms with Crippen LogP contribution >= 0.6 is 11.3 Å². The first kappa shape index (κ1) is 13.6. The van der Waals surface area contributed by atoms with Gasteiger partial charge in [0.25, 0.3) is 0 Å². The number of nitrogens with one attached hydrogen (secondary N) is 1. The number of amides is 1. The molecule has 0 saturated carbocycles. The zero-order valence-corrected chi connectivity index (χ0v) is 11.6. The maximum atomic E-state index is 11.8. The molecule has 0 fully saturated rings. The third-order valence-electron chi connectivity index (χ3n) is 2.46. The predicted octanol–water partition coefficient (Wildman–Crippen LogP) is 0.955. The summed E-state index contributed by atoms with van der Waals surface area (Å²) in [7, 11) is 0. The van der Waals surface area contributed by atoms with Crippen molar-refractivity contribution in [3.63, 3.8) is 0 Å². The van der Waals surface area contributed by atoms with Crippen molar-refractivity contribution in [1.29, 1.82) is 0 Å². The van der Waals surface area contributed by atoms with E-state index < -0.39 is 0 Å². The van der Waals surface area contributed by atoms with Crippen LogP contribution in [0.1, 0.15) is 31.2 Å². The first-order valence-corrected chi connectivity index (χ1v) is 6.80. The number of rotatable bonds is 5. The molecule has 8 heteroatoms. The zero-order chi connectivity index (χ0) is 13.8. The van der Waals surface area contributed by atoms with Gasteiger partial charge in [0, 0.05) is 11.9 Å². The van der Waals surface area contributed by atoms with Crippen LogP contribution in [0.5, 0.6) is 0 Å². The average molecular weight is 280 g/mol. The van der Waals surface area contributed by atoms with Crippen LogP contribution in [0.2, 0.25) is 0 Å². The summed E-state index contributed by atoms with van der Waals surface area (Å²) in [4.78, 5) is 16.1. The lowest BCUT2D eigenvalue weighted by Gasteiger charge is -2.01. The van der Waals surface area contributed by atoms with Gasteiger partial charge in [-0.25, -0.2) is 9.67 Å². The van der Waals surface area contributed by atoms with Crippen LogP contribution in [-0.4, -0.2) is 25.9 Å². The van der Waals surface area contributed by atoms with Crippen LogP contribution in [0, 0.1) is 0 Å². The second-order valence-corrected chi connectivity index (χ2v) is 5.25. The van der Waals surface area contributed by atoms with Crippen molar-refractivity contribution in [1.82, 2.24) is 20.0 Å². The van der Waals surface area contributed by atoms with Gasteiger partial charge in [0.05, 0.1) is 17.6 Å². The highest BCUT2D eigenvalue weighted by Crippen LogP contribution is 2.21. The number of aromatic nitrogens is 4. The minimum absolute atomic E-state index is 0.101. The normalized spacial score (nSPS) is 10.9. The Hall–Kier alpha value is -1.80. The Bertz CT molecular complexity index is 561. The summed E-state index contributed by atoms with van der Waals surface area (Å²) in [6, 6.07) is 0. The van der Waals surface area contributed by atoms with Crippen LogP contribution in [-0.2, 0) is 17.9 Å². The second kappa shape index (κ2) is 5.89. The van der Waals surface area contributed by atoms with Gasteiger partial charge in [-0.05, 0) is 5.92 Å². The number of nitrogens with two attached hydrogens (primary N) is 1. The van der Waals surface area contributed by atoms with Crippen molar-refractivity contribution in [2.45, 2.75) is 32.9 Å². The van der Waals surface area contributed by atoms with Gasteiger partial charge in [-0.3, -0.25) is 4.79 Å². The Morgan fingerprint density at radius 1 is 1.58 bits per heavy atom. The van der Waals surface area contributed by atoms with Gasteiger partial charge >= 0.3 is 0 Å². The van der Waals surface area contributed by atoms with Crippen LogP contribution in [0.15, 0.2) is 11.6 Å². The monoisotopic (exact) mass is 280 g/mol.